The van der Waals surface area contributed by atoms with Crippen molar-refractivity contribution in [2.24, 2.45) is 0 Å². The van der Waals surface area contributed by atoms with E-state index in [1.807, 2.05) is 47.4 Å². The summed E-state index contributed by atoms with van der Waals surface area (Å²) in [4.78, 5) is 37.6. The van der Waals surface area contributed by atoms with E-state index >= 15 is 0 Å². The first-order valence-corrected chi connectivity index (χ1v) is 10.4. The Labute approximate surface area is 185 Å². The van der Waals surface area contributed by atoms with Crippen LogP contribution in [0.1, 0.15) is 10.4 Å². The number of carbonyl (C=O) groups is 2. The zero-order valence-corrected chi connectivity index (χ0v) is 17.6. The van der Waals surface area contributed by atoms with Crippen molar-refractivity contribution in [3.63, 3.8) is 0 Å². The molecule has 1 aliphatic rings. The summed E-state index contributed by atoms with van der Waals surface area (Å²) >= 11 is 6.09. The third kappa shape index (κ3) is 5.25. The first kappa shape index (κ1) is 21.0. The fourth-order valence-electron chi connectivity index (χ4n) is 3.42. The van der Waals surface area contributed by atoms with Crippen molar-refractivity contribution in [3.8, 4) is 11.4 Å². The molecule has 0 saturated carbocycles. The van der Waals surface area contributed by atoms with Crippen molar-refractivity contribution in [1.82, 2.24) is 19.8 Å². The van der Waals surface area contributed by atoms with E-state index in [1.165, 1.54) is 0 Å². The van der Waals surface area contributed by atoms with Gasteiger partial charge in [0.2, 0.25) is 5.91 Å². The van der Waals surface area contributed by atoms with Gasteiger partial charge in [0.1, 0.15) is 0 Å². The number of aromatic nitrogens is 2. The van der Waals surface area contributed by atoms with Gasteiger partial charge in [0.15, 0.2) is 5.82 Å². The minimum absolute atomic E-state index is 0.0974. The Kier molecular flexibility index (Phi) is 6.54. The molecule has 1 fully saturated rings. The Hall–Kier alpha value is -3.29. The second-order valence-electron chi connectivity index (χ2n) is 7.26. The fraction of sp³-hybridized carbons (Fsp3) is 0.217. The lowest BCUT2D eigenvalue weighted by Crippen LogP contribution is -2.50. The summed E-state index contributed by atoms with van der Waals surface area (Å²) in [5.41, 5.74) is 1.97. The molecule has 0 unspecified atom stereocenters. The van der Waals surface area contributed by atoms with Crippen LogP contribution in [0.2, 0.25) is 5.02 Å². The summed E-state index contributed by atoms with van der Waals surface area (Å²) < 4.78 is 0. The largest absolute Gasteiger partial charge is 0.336 e. The molecule has 31 heavy (non-hydrogen) atoms. The number of benzene rings is 2. The first-order valence-electron chi connectivity index (χ1n) is 10.0. The number of hydrogen-bond donors (Lipinski definition) is 1. The number of carbonyl (C=O) groups excluding carboxylic acids is 2. The highest BCUT2D eigenvalue weighted by Gasteiger charge is 2.24. The smallest absolute Gasteiger partial charge is 0.257 e. The Morgan fingerprint density at radius 3 is 2.23 bits per heavy atom. The van der Waals surface area contributed by atoms with Crippen molar-refractivity contribution in [3.05, 3.63) is 77.6 Å². The van der Waals surface area contributed by atoms with Crippen molar-refractivity contribution in [1.29, 1.82) is 0 Å². The monoisotopic (exact) mass is 435 g/mol. The maximum Gasteiger partial charge on any atom is 0.257 e. The highest BCUT2D eigenvalue weighted by Crippen LogP contribution is 2.20. The topological polar surface area (TPSA) is 78.4 Å². The third-order valence-electron chi connectivity index (χ3n) is 5.11. The van der Waals surface area contributed by atoms with E-state index in [9.17, 15) is 9.59 Å². The van der Waals surface area contributed by atoms with Crippen LogP contribution in [0.5, 0.6) is 0 Å². The van der Waals surface area contributed by atoms with E-state index in [-0.39, 0.29) is 18.4 Å². The summed E-state index contributed by atoms with van der Waals surface area (Å²) in [6.07, 6.45) is 3.14. The van der Waals surface area contributed by atoms with Gasteiger partial charge in [0, 0.05) is 44.1 Å². The predicted molar refractivity (Wildman–Crippen MR) is 120 cm³/mol. The minimum atomic E-state index is -0.127. The number of para-hydroxylation sites is 1. The van der Waals surface area contributed by atoms with Crippen molar-refractivity contribution >= 4 is 29.1 Å². The van der Waals surface area contributed by atoms with Gasteiger partial charge in [-0.1, -0.05) is 54.1 Å². The van der Waals surface area contributed by atoms with E-state index in [2.05, 4.69) is 15.3 Å². The lowest BCUT2D eigenvalue weighted by atomic mass is 10.2. The van der Waals surface area contributed by atoms with Gasteiger partial charge in [-0.2, -0.15) is 0 Å². The maximum absolute atomic E-state index is 12.8. The van der Waals surface area contributed by atoms with Crippen LogP contribution in [0.25, 0.3) is 11.4 Å². The first-order chi connectivity index (χ1) is 15.1. The van der Waals surface area contributed by atoms with Gasteiger partial charge in [-0.25, -0.2) is 9.97 Å². The number of halogens is 1. The second-order valence-corrected chi connectivity index (χ2v) is 7.66. The molecule has 1 N–H and O–H groups in total. The van der Waals surface area contributed by atoms with Gasteiger partial charge in [-0.15, -0.1) is 0 Å². The summed E-state index contributed by atoms with van der Waals surface area (Å²) in [7, 11) is 0. The molecule has 2 amide bonds. The summed E-state index contributed by atoms with van der Waals surface area (Å²) in [6.45, 7) is 2.56. The molecule has 4 rings (SSSR count). The molecule has 1 saturated heterocycles. The maximum atomic E-state index is 12.8. The quantitative estimate of drug-likeness (QED) is 0.665. The molecule has 1 aliphatic heterocycles. The van der Waals surface area contributed by atoms with Crippen molar-refractivity contribution in [2.75, 3.05) is 38.0 Å². The van der Waals surface area contributed by atoms with E-state index in [0.29, 0.717) is 48.3 Å². The van der Waals surface area contributed by atoms with E-state index in [0.717, 1.165) is 5.56 Å². The summed E-state index contributed by atoms with van der Waals surface area (Å²) in [5, 5.41) is 3.33. The second kappa shape index (κ2) is 9.68. The molecule has 2 aromatic carbocycles. The van der Waals surface area contributed by atoms with Crippen LogP contribution in [-0.4, -0.2) is 64.3 Å². The molecule has 2 heterocycles. The number of nitrogens with one attached hydrogen (secondary N) is 1. The average molecular weight is 436 g/mol. The normalized spacial score (nSPS) is 14.3. The molecule has 158 valence electrons. The molecule has 8 heteroatoms. The minimum Gasteiger partial charge on any atom is -0.336 e. The highest BCUT2D eigenvalue weighted by atomic mass is 35.5. The zero-order valence-electron chi connectivity index (χ0n) is 16.9. The SMILES string of the molecule is O=C(CN1CCN(C(=O)c2cnc(-c3ccccc3)nc2)CC1)Nc1ccccc1Cl. The predicted octanol–water partition coefficient (Wildman–Crippen LogP) is 3.19. The number of hydrogen-bond acceptors (Lipinski definition) is 5. The molecular weight excluding hydrogens is 414 g/mol. The lowest BCUT2D eigenvalue weighted by Gasteiger charge is -2.34. The zero-order chi connectivity index (χ0) is 21.6. The number of amides is 2. The molecule has 0 radical (unpaired) electrons. The van der Waals surface area contributed by atoms with E-state index in [1.54, 1.807) is 29.4 Å². The standard InChI is InChI=1S/C23H22ClN5O2/c24-19-8-4-5-9-20(19)27-21(30)16-28-10-12-29(13-11-28)23(31)18-14-25-22(26-15-18)17-6-2-1-3-7-17/h1-9,14-15H,10-13,16H2,(H,27,30). The van der Waals surface area contributed by atoms with Gasteiger partial charge in [0.05, 0.1) is 22.8 Å². The van der Waals surface area contributed by atoms with Gasteiger partial charge < -0.3 is 10.2 Å². The molecule has 0 bridgehead atoms. The van der Waals surface area contributed by atoms with Crippen LogP contribution in [-0.2, 0) is 4.79 Å². The van der Waals surface area contributed by atoms with Crippen LogP contribution < -0.4 is 5.32 Å². The average Bonchev–Trinajstić information content (AvgIpc) is 2.81. The van der Waals surface area contributed by atoms with Crippen LogP contribution in [0, 0.1) is 0 Å². The Bertz CT molecular complexity index is 1050. The van der Waals surface area contributed by atoms with Crippen LogP contribution >= 0.6 is 11.6 Å². The number of anilines is 1. The van der Waals surface area contributed by atoms with Crippen LogP contribution in [0.15, 0.2) is 67.0 Å². The lowest BCUT2D eigenvalue weighted by molar-refractivity contribution is -0.117. The van der Waals surface area contributed by atoms with Gasteiger partial charge in [-0.05, 0) is 12.1 Å². The molecule has 0 spiro atoms. The highest BCUT2D eigenvalue weighted by molar-refractivity contribution is 6.33. The van der Waals surface area contributed by atoms with E-state index < -0.39 is 0 Å². The number of rotatable bonds is 5. The summed E-state index contributed by atoms with van der Waals surface area (Å²) in [5.74, 6) is 0.365. The van der Waals surface area contributed by atoms with Crippen LogP contribution in [0.4, 0.5) is 5.69 Å². The van der Waals surface area contributed by atoms with Crippen LogP contribution in [0.3, 0.4) is 0 Å². The molecule has 0 atom stereocenters. The van der Waals surface area contributed by atoms with Gasteiger partial charge >= 0.3 is 0 Å². The molecule has 0 aliphatic carbocycles. The third-order valence-corrected chi connectivity index (χ3v) is 5.44. The fourth-order valence-corrected chi connectivity index (χ4v) is 3.60. The van der Waals surface area contributed by atoms with E-state index in [4.69, 9.17) is 11.6 Å². The molecule has 1 aromatic heterocycles. The number of nitrogens with zero attached hydrogens (tertiary/aromatic N) is 4. The number of piperazine rings is 1. The van der Waals surface area contributed by atoms with Gasteiger partial charge in [0.25, 0.3) is 5.91 Å². The van der Waals surface area contributed by atoms with Crippen molar-refractivity contribution < 1.29 is 9.59 Å². The van der Waals surface area contributed by atoms with Crippen molar-refractivity contribution in [2.45, 2.75) is 0 Å². The molecule has 3 aromatic rings. The van der Waals surface area contributed by atoms with Gasteiger partial charge in [-0.3, -0.25) is 14.5 Å². The Morgan fingerprint density at radius 2 is 1.55 bits per heavy atom. The molecular formula is C23H22ClN5O2. The Morgan fingerprint density at radius 1 is 0.903 bits per heavy atom. The molecule has 7 nitrogen and oxygen atoms in total. The summed E-state index contributed by atoms with van der Waals surface area (Å²) in [6, 6.07) is 16.8. The Balaban J connectivity index is 1.29.